The fourth-order valence-corrected chi connectivity index (χ4v) is 2.45. The van der Waals surface area contributed by atoms with Gasteiger partial charge in [0, 0.05) is 26.6 Å². The zero-order valence-corrected chi connectivity index (χ0v) is 12.0. The maximum absolute atomic E-state index is 10.4. The van der Waals surface area contributed by atoms with Crippen LogP contribution in [0.15, 0.2) is 10.8 Å². The summed E-state index contributed by atoms with van der Waals surface area (Å²) in [6.07, 6.45) is 1.93. The monoisotopic (exact) mass is 316 g/mol. The lowest BCUT2D eigenvalue weighted by atomic mass is 9.97. The Morgan fingerprint density at radius 3 is 2.89 bits per heavy atom. The molecule has 0 amide bonds. The van der Waals surface area contributed by atoms with Gasteiger partial charge in [-0.05, 0) is 22.9 Å². The molecule has 1 aromatic rings. The van der Waals surface area contributed by atoms with Crippen LogP contribution in [0.1, 0.15) is 13.3 Å². The second kappa shape index (κ2) is 5.38. The normalized spacial score (nSPS) is 27.2. The number of hydrogen-bond donors (Lipinski definition) is 3. The fourth-order valence-electron chi connectivity index (χ4n) is 1.91. The van der Waals surface area contributed by atoms with E-state index in [-0.39, 0.29) is 6.10 Å². The first-order chi connectivity index (χ1) is 8.57. The third kappa shape index (κ3) is 2.57. The van der Waals surface area contributed by atoms with Crippen LogP contribution >= 0.6 is 15.9 Å². The lowest BCUT2D eigenvalue weighted by Gasteiger charge is -2.26. The molecule has 2 rings (SSSR count). The van der Waals surface area contributed by atoms with Crippen LogP contribution in [0.2, 0.25) is 0 Å². The molecular formula is C11H17BrN4O2. The molecule has 2 atom stereocenters. The molecule has 3 N–H and O–H groups in total. The molecule has 1 aromatic heterocycles. The highest BCUT2D eigenvalue weighted by Crippen LogP contribution is 2.29. The summed E-state index contributed by atoms with van der Waals surface area (Å²) in [5.41, 5.74) is -0.843. The van der Waals surface area contributed by atoms with Crippen LogP contribution in [0.3, 0.4) is 0 Å². The highest BCUT2D eigenvalue weighted by atomic mass is 79.9. The summed E-state index contributed by atoms with van der Waals surface area (Å²) >= 11 is 3.42. The minimum absolute atomic E-state index is 0.172. The lowest BCUT2D eigenvalue weighted by molar-refractivity contribution is -0.0176. The number of anilines is 2. The van der Waals surface area contributed by atoms with Gasteiger partial charge in [0.1, 0.15) is 28.0 Å². The lowest BCUT2D eigenvalue weighted by Crippen LogP contribution is -2.43. The maximum Gasteiger partial charge on any atom is 0.146 e. The number of halogens is 1. The Morgan fingerprint density at radius 1 is 1.56 bits per heavy atom. The Bertz CT molecular complexity index is 432. The molecule has 1 aliphatic rings. The molecule has 0 bridgehead atoms. The van der Waals surface area contributed by atoms with E-state index >= 15 is 0 Å². The Morgan fingerprint density at radius 2 is 2.28 bits per heavy atom. The van der Waals surface area contributed by atoms with Crippen molar-refractivity contribution in [3.05, 3.63) is 10.8 Å². The van der Waals surface area contributed by atoms with E-state index in [0.717, 1.165) is 4.47 Å². The van der Waals surface area contributed by atoms with Gasteiger partial charge in [-0.1, -0.05) is 0 Å². The average molecular weight is 317 g/mol. The molecule has 6 nitrogen and oxygen atoms in total. The van der Waals surface area contributed by atoms with Gasteiger partial charge < -0.3 is 20.5 Å². The highest BCUT2D eigenvalue weighted by Gasteiger charge is 2.39. The molecule has 1 aliphatic heterocycles. The van der Waals surface area contributed by atoms with Gasteiger partial charge in [0.25, 0.3) is 0 Å². The summed E-state index contributed by atoms with van der Waals surface area (Å²) < 4.78 is 6.14. The Balaban J connectivity index is 2.06. The summed E-state index contributed by atoms with van der Waals surface area (Å²) in [4.78, 5) is 8.22. The van der Waals surface area contributed by atoms with E-state index in [1.807, 2.05) is 6.92 Å². The molecule has 1 saturated heterocycles. The molecule has 0 spiro atoms. The summed E-state index contributed by atoms with van der Waals surface area (Å²) in [7, 11) is 1.79. The van der Waals surface area contributed by atoms with Gasteiger partial charge in [0.15, 0.2) is 0 Å². The van der Waals surface area contributed by atoms with Crippen molar-refractivity contribution in [2.45, 2.75) is 25.0 Å². The van der Waals surface area contributed by atoms with Crippen molar-refractivity contribution in [2.24, 2.45) is 0 Å². The van der Waals surface area contributed by atoms with E-state index in [9.17, 15) is 5.11 Å². The zero-order chi connectivity index (χ0) is 13.2. The van der Waals surface area contributed by atoms with Gasteiger partial charge >= 0.3 is 0 Å². The summed E-state index contributed by atoms with van der Waals surface area (Å²) in [6, 6.07) is 0. The summed E-state index contributed by atoms with van der Waals surface area (Å²) in [5.74, 6) is 1.36. The van der Waals surface area contributed by atoms with E-state index in [4.69, 9.17) is 4.74 Å². The van der Waals surface area contributed by atoms with Crippen LogP contribution in [-0.4, -0.2) is 47.0 Å². The van der Waals surface area contributed by atoms with Gasteiger partial charge in [-0.15, -0.1) is 0 Å². The minimum atomic E-state index is -0.843. The smallest absolute Gasteiger partial charge is 0.146 e. The number of aliphatic hydroxyl groups is 1. The molecule has 0 aliphatic carbocycles. The number of nitrogens with zero attached hydrogens (tertiary/aromatic N) is 2. The van der Waals surface area contributed by atoms with Crippen LogP contribution in [0.5, 0.6) is 0 Å². The molecule has 2 heterocycles. The van der Waals surface area contributed by atoms with E-state index in [1.165, 1.54) is 6.33 Å². The number of hydrogen-bond acceptors (Lipinski definition) is 6. The Hall–Kier alpha value is -0.920. The summed E-state index contributed by atoms with van der Waals surface area (Å²) in [5, 5.41) is 16.5. The Kier molecular flexibility index (Phi) is 4.04. The largest absolute Gasteiger partial charge is 0.385 e. The predicted molar refractivity (Wildman–Crippen MR) is 72.7 cm³/mol. The average Bonchev–Trinajstić information content (AvgIpc) is 2.69. The minimum Gasteiger partial charge on any atom is -0.385 e. The number of rotatable bonds is 4. The maximum atomic E-state index is 10.4. The van der Waals surface area contributed by atoms with Crippen LogP contribution in [0.4, 0.5) is 11.6 Å². The highest BCUT2D eigenvalue weighted by molar-refractivity contribution is 9.10. The van der Waals surface area contributed by atoms with Crippen LogP contribution in [-0.2, 0) is 4.74 Å². The number of aromatic nitrogens is 2. The molecule has 2 unspecified atom stereocenters. The van der Waals surface area contributed by atoms with E-state index < -0.39 is 5.60 Å². The van der Waals surface area contributed by atoms with Crippen LogP contribution in [0, 0.1) is 0 Å². The Labute approximate surface area is 114 Å². The molecule has 0 aromatic carbocycles. The topological polar surface area (TPSA) is 79.3 Å². The van der Waals surface area contributed by atoms with E-state index in [2.05, 4.69) is 36.5 Å². The van der Waals surface area contributed by atoms with Crippen molar-refractivity contribution >= 4 is 27.6 Å². The molecule has 7 heteroatoms. The fraction of sp³-hybridized carbons (Fsp3) is 0.636. The second-order valence-corrected chi connectivity index (χ2v) is 5.15. The van der Waals surface area contributed by atoms with Gasteiger partial charge in [-0.3, -0.25) is 0 Å². The standard InChI is InChI=1S/C11H17BrN4O2/c1-7-11(17,3-4-18-7)5-14-10-8(12)9(13-2)15-6-16-10/h6-7,17H,3-5H2,1-2H3,(H2,13,14,15,16). The SMILES string of the molecule is CNc1ncnc(NCC2(O)CCOC2C)c1Br. The van der Waals surface area contributed by atoms with Crippen LogP contribution in [0.25, 0.3) is 0 Å². The van der Waals surface area contributed by atoms with Gasteiger partial charge in [-0.2, -0.15) is 0 Å². The number of nitrogens with one attached hydrogen (secondary N) is 2. The summed E-state index contributed by atoms with van der Waals surface area (Å²) in [6.45, 7) is 2.86. The third-order valence-corrected chi connectivity index (χ3v) is 4.00. The second-order valence-electron chi connectivity index (χ2n) is 4.36. The van der Waals surface area contributed by atoms with Gasteiger partial charge in [-0.25, -0.2) is 9.97 Å². The first-order valence-corrected chi connectivity index (χ1v) is 6.62. The van der Waals surface area contributed by atoms with Crippen molar-refractivity contribution in [1.29, 1.82) is 0 Å². The van der Waals surface area contributed by atoms with E-state index in [1.54, 1.807) is 7.05 Å². The molecule has 1 fully saturated rings. The van der Waals surface area contributed by atoms with Crippen molar-refractivity contribution in [2.75, 3.05) is 30.8 Å². The third-order valence-electron chi connectivity index (χ3n) is 3.25. The molecule has 0 saturated carbocycles. The molecule has 0 radical (unpaired) electrons. The van der Waals surface area contributed by atoms with Gasteiger partial charge in [0.05, 0.1) is 6.10 Å². The van der Waals surface area contributed by atoms with Crippen molar-refractivity contribution in [3.63, 3.8) is 0 Å². The quantitative estimate of drug-likeness (QED) is 0.775. The van der Waals surface area contributed by atoms with Crippen molar-refractivity contribution in [3.8, 4) is 0 Å². The van der Waals surface area contributed by atoms with Crippen molar-refractivity contribution in [1.82, 2.24) is 9.97 Å². The van der Waals surface area contributed by atoms with E-state index in [0.29, 0.717) is 31.2 Å². The first kappa shape index (κ1) is 13.5. The number of ether oxygens (including phenoxy) is 1. The molecule has 18 heavy (non-hydrogen) atoms. The molecule has 100 valence electrons. The van der Waals surface area contributed by atoms with Gasteiger partial charge in [0.2, 0.25) is 0 Å². The predicted octanol–water partition coefficient (Wildman–Crippen LogP) is 1.23. The van der Waals surface area contributed by atoms with Crippen LogP contribution < -0.4 is 10.6 Å². The first-order valence-electron chi connectivity index (χ1n) is 5.83. The van der Waals surface area contributed by atoms with Crippen molar-refractivity contribution < 1.29 is 9.84 Å². The zero-order valence-electron chi connectivity index (χ0n) is 10.4. The molecular weight excluding hydrogens is 300 g/mol.